The Morgan fingerprint density at radius 1 is 1.30 bits per heavy atom. The second kappa shape index (κ2) is 2.08. The van der Waals surface area contributed by atoms with Crippen molar-refractivity contribution >= 4 is 5.78 Å². The monoisotopic (exact) mass is 138 g/mol. The minimum atomic E-state index is 0.437. The molecular weight excluding hydrogens is 124 g/mol. The molecule has 3 atom stereocenters. The van der Waals surface area contributed by atoms with Crippen molar-refractivity contribution < 1.29 is 4.79 Å². The van der Waals surface area contributed by atoms with Crippen molar-refractivity contribution in [1.82, 2.24) is 0 Å². The van der Waals surface area contributed by atoms with Crippen LogP contribution in [0.3, 0.4) is 0 Å². The number of hydrogen-bond acceptors (Lipinski definition) is 1. The highest BCUT2D eigenvalue weighted by Crippen LogP contribution is 2.48. The van der Waals surface area contributed by atoms with Gasteiger partial charge in [-0.15, -0.1) is 0 Å². The van der Waals surface area contributed by atoms with Gasteiger partial charge < -0.3 is 0 Å². The Morgan fingerprint density at radius 2 is 2.10 bits per heavy atom. The SMILES string of the molecule is CC(=O)C1C[C@@H]2CCC1C2. The molecule has 10 heavy (non-hydrogen) atoms. The van der Waals surface area contributed by atoms with Gasteiger partial charge in [0.25, 0.3) is 0 Å². The van der Waals surface area contributed by atoms with Gasteiger partial charge in [-0.1, -0.05) is 6.42 Å². The van der Waals surface area contributed by atoms with Crippen LogP contribution in [0.15, 0.2) is 0 Å². The van der Waals surface area contributed by atoms with E-state index in [2.05, 4.69) is 0 Å². The molecule has 2 aliphatic carbocycles. The molecule has 2 bridgehead atoms. The molecule has 2 rings (SSSR count). The van der Waals surface area contributed by atoms with E-state index in [0.717, 1.165) is 11.8 Å². The van der Waals surface area contributed by atoms with Crippen molar-refractivity contribution in [3.8, 4) is 0 Å². The quantitative estimate of drug-likeness (QED) is 0.541. The maximum Gasteiger partial charge on any atom is 0.133 e. The molecule has 0 aliphatic heterocycles. The molecule has 0 heterocycles. The molecule has 0 N–H and O–H groups in total. The molecule has 2 saturated carbocycles. The Balaban J connectivity index is 2.08. The zero-order chi connectivity index (χ0) is 7.14. The highest BCUT2D eigenvalue weighted by molar-refractivity contribution is 5.79. The van der Waals surface area contributed by atoms with Gasteiger partial charge >= 0.3 is 0 Å². The van der Waals surface area contributed by atoms with Crippen molar-refractivity contribution in [1.29, 1.82) is 0 Å². The standard InChI is InChI=1S/C9H14O/c1-6(10)9-5-7-2-3-8(9)4-7/h7-9H,2-5H2,1H3/t7-,8?,9?/m1/s1. The Hall–Kier alpha value is -0.330. The molecule has 0 aromatic rings. The average Bonchev–Trinajstić information content (AvgIpc) is 2.44. The van der Waals surface area contributed by atoms with Gasteiger partial charge in [0.2, 0.25) is 0 Å². The lowest BCUT2D eigenvalue weighted by Crippen LogP contribution is -2.17. The van der Waals surface area contributed by atoms with Crippen LogP contribution in [0, 0.1) is 17.8 Å². The lowest BCUT2D eigenvalue weighted by Gasteiger charge is -2.17. The summed E-state index contributed by atoms with van der Waals surface area (Å²) in [6.45, 7) is 1.76. The van der Waals surface area contributed by atoms with Crippen LogP contribution in [0.25, 0.3) is 0 Å². The highest BCUT2D eigenvalue weighted by atomic mass is 16.1. The van der Waals surface area contributed by atoms with E-state index in [-0.39, 0.29) is 0 Å². The fourth-order valence-corrected chi connectivity index (χ4v) is 2.74. The zero-order valence-electron chi connectivity index (χ0n) is 6.47. The van der Waals surface area contributed by atoms with E-state index in [1.54, 1.807) is 6.92 Å². The Kier molecular flexibility index (Phi) is 1.33. The third-order valence-corrected chi connectivity index (χ3v) is 3.26. The number of Topliss-reactive ketones (excluding diaryl/α,β-unsaturated/α-hetero) is 1. The summed E-state index contributed by atoms with van der Waals surface area (Å²) in [7, 11) is 0. The molecule has 0 radical (unpaired) electrons. The molecular formula is C9H14O. The first-order valence-electron chi connectivity index (χ1n) is 4.28. The highest BCUT2D eigenvalue weighted by Gasteiger charge is 2.41. The van der Waals surface area contributed by atoms with Crippen LogP contribution in [0.1, 0.15) is 32.6 Å². The zero-order valence-corrected chi connectivity index (χ0v) is 6.47. The first kappa shape index (κ1) is 6.38. The van der Waals surface area contributed by atoms with Crippen LogP contribution in [0.5, 0.6) is 0 Å². The number of fused-ring (bicyclic) bond motifs is 2. The van der Waals surface area contributed by atoms with Gasteiger partial charge in [-0.05, 0) is 38.0 Å². The maximum absolute atomic E-state index is 11.0. The smallest absolute Gasteiger partial charge is 0.133 e. The minimum Gasteiger partial charge on any atom is -0.300 e. The van der Waals surface area contributed by atoms with Gasteiger partial charge in [0.15, 0.2) is 0 Å². The average molecular weight is 138 g/mol. The van der Waals surface area contributed by atoms with Crippen molar-refractivity contribution in [3.05, 3.63) is 0 Å². The fourth-order valence-electron chi connectivity index (χ4n) is 2.74. The van der Waals surface area contributed by atoms with Gasteiger partial charge in [-0.3, -0.25) is 4.79 Å². The van der Waals surface area contributed by atoms with Crippen LogP contribution in [-0.4, -0.2) is 5.78 Å². The lowest BCUT2D eigenvalue weighted by molar-refractivity contribution is -0.122. The Labute approximate surface area is 61.8 Å². The fraction of sp³-hybridized carbons (Fsp3) is 0.889. The van der Waals surface area contributed by atoms with Gasteiger partial charge in [0.1, 0.15) is 5.78 Å². The second-order valence-electron chi connectivity index (χ2n) is 3.89. The molecule has 0 aromatic carbocycles. The molecule has 0 spiro atoms. The van der Waals surface area contributed by atoms with E-state index < -0.39 is 0 Å². The largest absolute Gasteiger partial charge is 0.300 e. The molecule has 1 heteroatoms. The number of carbonyl (C=O) groups excluding carboxylic acids is 1. The van der Waals surface area contributed by atoms with Crippen molar-refractivity contribution in [2.45, 2.75) is 32.6 Å². The van der Waals surface area contributed by atoms with Gasteiger partial charge in [-0.2, -0.15) is 0 Å². The summed E-state index contributed by atoms with van der Waals surface area (Å²) in [6, 6.07) is 0. The molecule has 0 saturated heterocycles. The van der Waals surface area contributed by atoms with Gasteiger partial charge in [0, 0.05) is 5.92 Å². The third kappa shape index (κ3) is 0.799. The Bertz CT molecular complexity index is 162. The maximum atomic E-state index is 11.0. The number of rotatable bonds is 1. The summed E-state index contributed by atoms with van der Waals surface area (Å²) in [5, 5.41) is 0. The number of carbonyl (C=O) groups is 1. The molecule has 56 valence electrons. The number of hydrogen-bond donors (Lipinski definition) is 0. The van der Waals surface area contributed by atoms with Gasteiger partial charge in [0.05, 0.1) is 0 Å². The molecule has 0 amide bonds. The predicted octanol–water partition coefficient (Wildman–Crippen LogP) is 2.01. The van der Waals surface area contributed by atoms with Crippen molar-refractivity contribution in [2.75, 3.05) is 0 Å². The first-order valence-corrected chi connectivity index (χ1v) is 4.28. The molecule has 2 aliphatic rings. The van der Waals surface area contributed by atoms with Crippen LogP contribution in [-0.2, 0) is 4.79 Å². The van der Waals surface area contributed by atoms with Crippen LogP contribution >= 0.6 is 0 Å². The number of ketones is 1. The summed E-state index contributed by atoms with van der Waals surface area (Å²) >= 11 is 0. The summed E-state index contributed by atoms with van der Waals surface area (Å²) in [6.07, 6.45) is 5.29. The van der Waals surface area contributed by atoms with E-state index in [1.807, 2.05) is 0 Å². The predicted molar refractivity (Wildman–Crippen MR) is 39.6 cm³/mol. The first-order chi connectivity index (χ1) is 4.77. The summed E-state index contributed by atoms with van der Waals surface area (Å²) in [4.78, 5) is 11.0. The summed E-state index contributed by atoms with van der Waals surface area (Å²) < 4.78 is 0. The Morgan fingerprint density at radius 3 is 2.40 bits per heavy atom. The van der Waals surface area contributed by atoms with E-state index in [0.29, 0.717) is 11.7 Å². The van der Waals surface area contributed by atoms with E-state index >= 15 is 0 Å². The minimum absolute atomic E-state index is 0.437. The van der Waals surface area contributed by atoms with E-state index in [4.69, 9.17) is 0 Å². The summed E-state index contributed by atoms with van der Waals surface area (Å²) in [5.74, 6) is 2.59. The molecule has 2 fully saturated rings. The van der Waals surface area contributed by atoms with Gasteiger partial charge in [-0.25, -0.2) is 0 Å². The van der Waals surface area contributed by atoms with E-state index in [1.165, 1.54) is 25.7 Å². The van der Waals surface area contributed by atoms with Crippen molar-refractivity contribution in [3.63, 3.8) is 0 Å². The van der Waals surface area contributed by atoms with E-state index in [9.17, 15) is 4.79 Å². The second-order valence-corrected chi connectivity index (χ2v) is 3.89. The van der Waals surface area contributed by atoms with Crippen LogP contribution in [0.2, 0.25) is 0 Å². The van der Waals surface area contributed by atoms with Crippen molar-refractivity contribution in [2.24, 2.45) is 17.8 Å². The normalized spacial score (nSPS) is 44.3. The van der Waals surface area contributed by atoms with Crippen LogP contribution < -0.4 is 0 Å². The molecule has 0 aromatic heterocycles. The summed E-state index contributed by atoms with van der Waals surface area (Å²) in [5.41, 5.74) is 0. The topological polar surface area (TPSA) is 17.1 Å². The molecule has 1 nitrogen and oxygen atoms in total. The van der Waals surface area contributed by atoms with Crippen LogP contribution in [0.4, 0.5) is 0 Å². The lowest BCUT2D eigenvalue weighted by atomic mass is 9.86. The molecule has 2 unspecified atom stereocenters. The third-order valence-electron chi connectivity index (χ3n) is 3.26.